The number of carbonyl (C=O) groups excluding carboxylic acids is 2. The predicted octanol–water partition coefficient (Wildman–Crippen LogP) is 3.40. The number of benzene rings is 1. The van der Waals surface area contributed by atoms with Crippen molar-refractivity contribution in [2.45, 2.75) is 75.6 Å². The smallest absolute Gasteiger partial charge is 0.267 e. The van der Waals surface area contributed by atoms with Gasteiger partial charge in [-0.25, -0.2) is 12.7 Å². The Labute approximate surface area is 184 Å². The first kappa shape index (κ1) is 21.0. The first-order valence-corrected chi connectivity index (χ1v) is 13.1. The van der Waals surface area contributed by atoms with Crippen molar-refractivity contribution in [3.05, 3.63) is 29.8 Å². The summed E-state index contributed by atoms with van der Waals surface area (Å²) in [6.45, 7) is 2.44. The van der Waals surface area contributed by atoms with Gasteiger partial charge in [0.2, 0.25) is 11.8 Å². The molecule has 0 unspecified atom stereocenters. The van der Waals surface area contributed by atoms with Gasteiger partial charge < -0.3 is 5.32 Å². The van der Waals surface area contributed by atoms with Gasteiger partial charge >= 0.3 is 0 Å². The molecule has 4 saturated carbocycles. The minimum atomic E-state index is -4.04. The van der Waals surface area contributed by atoms with Crippen molar-refractivity contribution in [1.29, 1.82) is 0 Å². The van der Waals surface area contributed by atoms with Gasteiger partial charge in [0.1, 0.15) is 6.04 Å². The van der Waals surface area contributed by atoms with E-state index in [2.05, 4.69) is 5.32 Å². The third-order valence-electron chi connectivity index (χ3n) is 8.16. The van der Waals surface area contributed by atoms with Gasteiger partial charge in [-0.3, -0.25) is 9.59 Å². The summed E-state index contributed by atoms with van der Waals surface area (Å²) < 4.78 is 27.0. The standard InChI is InChI=1S/C24H32N2O4S/c1-16-2-4-20(5-3-16)31(29,30)26-21(6-7-22(26)27)23(28)25-9-8-24-13-17-10-18(14-24)12-19(11-17)15-24/h2-5,17-19,21H,6-15H2,1H3,(H,25,28)/t17?,18?,19?,21-,24?/m0/s1. The van der Waals surface area contributed by atoms with Crippen LogP contribution in [0.15, 0.2) is 29.2 Å². The first-order valence-electron chi connectivity index (χ1n) is 11.7. The number of nitrogens with zero attached hydrogens (tertiary/aromatic N) is 1. The van der Waals surface area contributed by atoms with Gasteiger partial charge in [-0.2, -0.15) is 0 Å². The van der Waals surface area contributed by atoms with Crippen LogP contribution in [0, 0.1) is 30.1 Å². The molecule has 1 N–H and O–H groups in total. The molecule has 1 atom stereocenters. The second-order valence-electron chi connectivity index (χ2n) is 10.5. The van der Waals surface area contributed by atoms with Crippen LogP contribution >= 0.6 is 0 Å². The van der Waals surface area contributed by atoms with Crippen LogP contribution in [-0.4, -0.2) is 37.1 Å². The molecule has 5 fully saturated rings. The highest BCUT2D eigenvalue weighted by Gasteiger charge is 2.50. The van der Waals surface area contributed by atoms with Gasteiger partial charge in [0.25, 0.3) is 10.0 Å². The fourth-order valence-corrected chi connectivity index (χ4v) is 8.79. The molecule has 0 radical (unpaired) electrons. The van der Waals surface area contributed by atoms with Crippen LogP contribution in [0.5, 0.6) is 0 Å². The molecule has 5 aliphatic rings. The quantitative estimate of drug-likeness (QED) is 0.729. The average molecular weight is 445 g/mol. The highest BCUT2D eigenvalue weighted by Crippen LogP contribution is 2.61. The van der Waals surface area contributed by atoms with Crippen LogP contribution in [0.2, 0.25) is 0 Å². The number of amides is 2. The normalized spacial score (nSPS) is 34.4. The number of rotatable bonds is 6. The number of hydrogen-bond acceptors (Lipinski definition) is 4. The lowest BCUT2D eigenvalue weighted by Gasteiger charge is -2.57. The molecular weight excluding hydrogens is 412 g/mol. The Bertz CT molecular complexity index is 950. The van der Waals surface area contributed by atoms with Crippen molar-refractivity contribution in [2.75, 3.05) is 6.54 Å². The fourth-order valence-electron chi connectivity index (χ4n) is 7.19. The van der Waals surface area contributed by atoms with Crippen molar-refractivity contribution in [3.8, 4) is 0 Å². The van der Waals surface area contributed by atoms with E-state index in [0.717, 1.165) is 34.0 Å². The van der Waals surface area contributed by atoms with Crippen LogP contribution in [-0.2, 0) is 19.6 Å². The summed E-state index contributed by atoms with van der Waals surface area (Å²) in [5.41, 5.74) is 1.30. The predicted molar refractivity (Wildman–Crippen MR) is 116 cm³/mol. The summed E-state index contributed by atoms with van der Waals surface area (Å²) in [6, 6.07) is 5.45. The summed E-state index contributed by atoms with van der Waals surface area (Å²) in [7, 11) is -4.04. The molecular formula is C24H32N2O4S. The van der Waals surface area contributed by atoms with Crippen molar-refractivity contribution in [2.24, 2.45) is 23.2 Å². The maximum Gasteiger partial charge on any atom is 0.267 e. The van der Waals surface area contributed by atoms with Gasteiger partial charge in [-0.1, -0.05) is 17.7 Å². The molecule has 1 aromatic carbocycles. The lowest BCUT2D eigenvalue weighted by Crippen LogP contribution is -2.49. The van der Waals surface area contributed by atoms with E-state index in [1.807, 2.05) is 6.92 Å². The lowest BCUT2D eigenvalue weighted by atomic mass is 9.49. The van der Waals surface area contributed by atoms with E-state index in [4.69, 9.17) is 0 Å². The summed E-state index contributed by atoms with van der Waals surface area (Å²) >= 11 is 0. The second kappa shape index (κ2) is 7.61. The van der Waals surface area contributed by atoms with Crippen LogP contribution in [0.4, 0.5) is 0 Å². The molecule has 31 heavy (non-hydrogen) atoms. The van der Waals surface area contributed by atoms with Crippen molar-refractivity contribution < 1.29 is 18.0 Å². The fraction of sp³-hybridized carbons (Fsp3) is 0.667. The Kier molecular flexibility index (Phi) is 5.15. The summed E-state index contributed by atoms with van der Waals surface area (Å²) in [6.07, 6.45) is 9.31. The van der Waals surface area contributed by atoms with E-state index in [0.29, 0.717) is 12.0 Å². The van der Waals surface area contributed by atoms with Crippen LogP contribution in [0.1, 0.15) is 63.4 Å². The zero-order valence-electron chi connectivity index (χ0n) is 18.2. The van der Waals surface area contributed by atoms with Crippen LogP contribution in [0.25, 0.3) is 0 Å². The summed E-state index contributed by atoms with van der Waals surface area (Å²) in [4.78, 5) is 25.5. The highest BCUT2D eigenvalue weighted by atomic mass is 32.2. The minimum absolute atomic E-state index is 0.0553. The number of aryl methyl sites for hydroxylation is 1. The van der Waals surface area contributed by atoms with Crippen LogP contribution < -0.4 is 5.32 Å². The largest absolute Gasteiger partial charge is 0.354 e. The molecule has 2 amide bonds. The number of nitrogens with one attached hydrogen (secondary N) is 1. The maximum atomic E-state index is 13.1. The van der Waals surface area contributed by atoms with E-state index in [1.54, 1.807) is 12.1 Å². The van der Waals surface area contributed by atoms with Gasteiger partial charge in [0, 0.05) is 13.0 Å². The molecule has 0 aromatic heterocycles. The zero-order chi connectivity index (χ0) is 21.8. The van der Waals surface area contributed by atoms with E-state index >= 15 is 0 Å². The molecule has 1 aliphatic heterocycles. The molecule has 4 aliphatic carbocycles. The van der Waals surface area contributed by atoms with E-state index in [9.17, 15) is 18.0 Å². The third-order valence-corrected chi connectivity index (χ3v) is 10.0. The van der Waals surface area contributed by atoms with E-state index in [1.165, 1.54) is 50.7 Å². The first-order chi connectivity index (χ1) is 14.8. The molecule has 7 heteroatoms. The lowest BCUT2D eigenvalue weighted by molar-refractivity contribution is -0.130. The Morgan fingerprint density at radius 2 is 1.65 bits per heavy atom. The SMILES string of the molecule is Cc1ccc(S(=O)(=O)N2C(=O)CC[C@H]2C(=O)NCCC23CC4CC(CC(C4)C2)C3)cc1. The average Bonchev–Trinajstić information content (AvgIpc) is 3.09. The molecule has 1 saturated heterocycles. The highest BCUT2D eigenvalue weighted by molar-refractivity contribution is 7.89. The molecule has 1 aromatic rings. The molecule has 4 bridgehead atoms. The Morgan fingerprint density at radius 3 is 2.23 bits per heavy atom. The van der Waals surface area contributed by atoms with Crippen molar-refractivity contribution in [3.63, 3.8) is 0 Å². The maximum absolute atomic E-state index is 13.1. The molecule has 0 spiro atoms. The second-order valence-corrected chi connectivity index (χ2v) is 12.3. The number of sulfonamides is 1. The molecule has 6 nitrogen and oxygen atoms in total. The molecule has 168 valence electrons. The van der Waals surface area contributed by atoms with Crippen molar-refractivity contribution in [1.82, 2.24) is 9.62 Å². The Hall–Kier alpha value is -1.89. The molecule has 6 rings (SSSR count). The Morgan fingerprint density at radius 1 is 1.06 bits per heavy atom. The van der Waals surface area contributed by atoms with E-state index < -0.39 is 22.0 Å². The number of carbonyl (C=O) groups is 2. The third kappa shape index (κ3) is 3.79. The monoisotopic (exact) mass is 444 g/mol. The van der Waals surface area contributed by atoms with Gasteiger partial charge in [0.05, 0.1) is 4.90 Å². The summed E-state index contributed by atoms with van der Waals surface area (Å²) in [5.74, 6) is 1.76. The zero-order valence-corrected chi connectivity index (χ0v) is 19.0. The van der Waals surface area contributed by atoms with Gasteiger partial charge in [-0.05, 0) is 93.6 Å². The van der Waals surface area contributed by atoms with E-state index in [-0.39, 0.29) is 23.6 Å². The minimum Gasteiger partial charge on any atom is -0.354 e. The Balaban J connectivity index is 1.24. The summed E-state index contributed by atoms with van der Waals surface area (Å²) in [5, 5.41) is 2.99. The van der Waals surface area contributed by atoms with Gasteiger partial charge in [0.15, 0.2) is 0 Å². The molecule has 1 heterocycles. The van der Waals surface area contributed by atoms with Gasteiger partial charge in [-0.15, -0.1) is 0 Å². The topological polar surface area (TPSA) is 83.6 Å². The number of hydrogen-bond donors (Lipinski definition) is 1. The van der Waals surface area contributed by atoms with Crippen molar-refractivity contribution >= 4 is 21.8 Å². The van der Waals surface area contributed by atoms with Crippen LogP contribution in [0.3, 0.4) is 0 Å².